The molecule has 0 spiro atoms. The van der Waals surface area contributed by atoms with Gasteiger partial charge in [-0.3, -0.25) is 0 Å². The van der Waals surface area contributed by atoms with Crippen LogP contribution in [-0.4, -0.2) is 0 Å². The Morgan fingerprint density at radius 3 is 2.46 bits per heavy atom. The third-order valence-corrected chi connectivity index (χ3v) is 9.18. The van der Waals surface area contributed by atoms with Gasteiger partial charge in [0.2, 0.25) is 0 Å². The summed E-state index contributed by atoms with van der Waals surface area (Å²) < 4.78 is 0. The highest BCUT2D eigenvalue weighted by atomic mass is 14.6. The van der Waals surface area contributed by atoms with Crippen LogP contribution in [0.5, 0.6) is 0 Å². The van der Waals surface area contributed by atoms with E-state index in [1.54, 1.807) is 5.57 Å². The summed E-state index contributed by atoms with van der Waals surface area (Å²) in [6.45, 7) is 16.7. The molecule has 136 valence electrons. The van der Waals surface area contributed by atoms with Crippen molar-refractivity contribution in [2.45, 2.75) is 86.0 Å². The largest absolute Gasteiger partial charge is 0.0991 e. The van der Waals surface area contributed by atoms with Crippen LogP contribution in [0.1, 0.15) is 86.0 Å². The quantitative estimate of drug-likeness (QED) is 0.506. The fourth-order valence-electron chi connectivity index (χ4n) is 7.14. The highest BCUT2D eigenvalue weighted by Crippen LogP contribution is 2.63. The Bertz CT molecular complexity index is 500. The molecule has 3 aliphatic carbocycles. The van der Waals surface area contributed by atoms with E-state index in [0.717, 1.165) is 29.6 Å². The first-order chi connectivity index (χ1) is 11.4. The van der Waals surface area contributed by atoms with Crippen molar-refractivity contribution in [3.05, 3.63) is 24.3 Å². The molecule has 0 radical (unpaired) electrons. The van der Waals surface area contributed by atoms with Gasteiger partial charge in [-0.25, -0.2) is 0 Å². The van der Waals surface area contributed by atoms with Crippen molar-refractivity contribution in [2.75, 3.05) is 0 Å². The molecule has 0 nitrogen and oxygen atoms in total. The normalized spacial score (nSPS) is 50.7. The molecule has 0 saturated heterocycles. The summed E-state index contributed by atoms with van der Waals surface area (Å²) in [5.74, 6) is 4.55. The topological polar surface area (TPSA) is 0 Å². The fourth-order valence-corrected chi connectivity index (χ4v) is 7.14. The molecule has 0 N–H and O–H groups in total. The van der Waals surface area contributed by atoms with Crippen LogP contribution >= 0.6 is 0 Å². The number of rotatable bonds is 3. The molecule has 0 heterocycles. The smallest absolute Gasteiger partial charge is 0.00822 e. The first kappa shape index (κ1) is 18.3. The molecule has 24 heavy (non-hydrogen) atoms. The molecule has 0 aliphatic heterocycles. The Labute approximate surface area is 151 Å². The first-order valence-corrected chi connectivity index (χ1v) is 10.7. The van der Waals surface area contributed by atoms with Gasteiger partial charge >= 0.3 is 0 Å². The third kappa shape index (κ3) is 2.73. The van der Waals surface area contributed by atoms with Gasteiger partial charge in [-0.1, -0.05) is 65.3 Å². The summed E-state index contributed by atoms with van der Waals surface area (Å²) in [6.07, 6.45) is 15.8. The highest BCUT2D eigenvalue weighted by Gasteiger charge is 2.55. The Morgan fingerprint density at radius 2 is 1.79 bits per heavy atom. The second-order valence-corrected chi connectivity index (χ2v) is 9.96. The van der Waals surface area contributed by atoms with Crippen LogP contribution in [0.3, 0.4) is 0 Å². The predicted molar refractivity (Wildman–Crippen MR) is 106 cm³/mol. The lowest BCUT2D eigenvalue weighted by molar-refractivity contribution is -0.0271. The molecule has 7 unspecified atom stereocenters. The van der Waals surface area contributed by atoms with Crippen LogP contribution in [0, 0.1) is 40.4 Å². The molecule has 3 rings (SSSR count). The minimum atomic E-state index is 0.423. The molecular weight excluding hydrogens is 288 g/mol. The maximum absolute atomic E-state index is 4.03. The van der Waals surface area contributed by atoms with Crippen molar-refractivity contribution in [1.29, 1.82) is 0 Å². The van der Waals surface area contributed by atoms with Crippen molar-refractivity contribution in [3.8, 4) is 0 Å². The van der Waals surface area contributed by atoms with Gasteiger partial charge in [0, 0.05) is 0 Å². The van der Waals surface area contributed by atoms with E-state index in [1.807, 2.05) is 0 Å². The van der Waals surface area contributed by atoms with Gasteiger partial charge in [0.1, 0.15) is 0 Å². The number of hydrogen-bond acceptors (Lipinski definition) is 0. The summed E-state index contributed by atoms with van der Waals surface area (Å²) in [5, 5.41) is 0. The van der Waals surface area contributed by atoms with Gasteiger partial charge in [-0.05, 0) is 85.4 Å². The SMILES string of the molecule is C=C/C=C1/CC(CC)CCC1(C)C1CCC2(C)C(C)CCC2C1C. The summed E-state index contributed by atoms with van der Waals surface area (Å²) in [6, 6.07) is 0. The summed E-state index contributed by atoms with van der Waals surface area (Å²) in [5.41, 5.74) is 2.77. The monoisotopic (exact) mass is 328 g/mol. The minimum Gasteiger partial charge on any atom is -0.0991 e. The van der Waals surface area contributed by atoms with Gasteiger partial charge in [-0.2, -0.15) is 0 Å². The zero-order valence-corrected chi connectivity index (χ0v) is 16.9. The highest BCUT2D eigenvalue weighted by molar-refractivity contribution is 5.24. The van der Waals surface area contributed by atoms with Gasteiger partial charge in [-0.15, -0.1) is 0 Å². The molecule has 0 aromatic carbocycles. The van der Waals surface area contributed by atoms with Gasteiger partial charge < -0.3 is 0 Å². The number of fused-ring (bicyclic) bond motifs is 1. The predicted octanol–water partition coefficient (Wildman–Crippen LogP) is 7.41. The molecule has 7 atom stereocenters. The standard InChI is InChI=1S/C24H40/c1-7-9-20-16-19(8-2)12-14-24(20,6)22-13-15-23(5)17(3)10-11-21(23)18(22)4/h7,9,17-19,21-22H,1,8,10-16H2,2-6H3/b20-9-. The third-order valence-electron chi connectivity index (χ3n) is 9.18. The lowest BCUT2D eigenvalue weighted by Crippen LogP contribution is -2.47. The molecule has 0 heteroatoms. The lowest BCUT2D eigenvalue weighted by Gasteiger charge is -2.55. The number of hydrogen-bond donors (Lipinski definition) is 0. The molecule has 3 saturated carbocycles. The van der Waals surface area contributed by atoms with E-state index >= 15 is 0 Å². The van der Waals surface area contributed by atoms with E-state index in [9.17, 15) is 0 Å². The van der Waals surface area contributed by atoms with Crippen molar-refractivity contribution < 1.29 is 0 Å². The van der Waals surface area contributed by atoms with Crippen molar-refractivity contribution >= 4 is 0 Å². The maximum Gasteiger partial charge on any atom is -0.00822 e. The van der Waals surface area contributed by atoms with E-state index in [-0.39, 0.29) is 0 Å². The second-order valence-electron chi connectivity index (χ2n) is 9.96. The van der Waals surface area contributed by atoms with Gasteiger partial charge in [0.25, 0.3) is 0 Å². The van der Waals surface area contributed by atoms with E-state index in [2.05, 4.69) is 53.3 Å². The van der Waals surface area contributed by atoms with Crippen LogP contribution < -0.4 is 0 Å². The molecule has 0 bridgehead atoms. The van der Waals surface area contributed by atoms with Crippen LogP contribution in [0.2, 0.25) is 0 Å². The van der Waals surface area contributed by atoms with Crippen LogP contribution in [0.15, 0.2) is 24.3 Å². The average molecular weight is 329 g/mol. The van der Waals surface area contributed by atoms with E-state index < -0.39 is 0 Å². The van der Waals surface area contributed by atoms with Crippen molar-refractivity contribution in [1.82, 2.24) is 0 Å². The molecule has 0 aromatic heterocycles. The van der Waals surface area contributed by atoms with Crippen LogP contribution in [-0.2, 0) is 0 Å². The molecule has 3 aliphatic rings. The zero-order chi connectivity index (χ0) is 17.5. The van der Waals surface area contributed by atoms with Crippen molar-refractivity contribution in [3.63, 3.8) is 0 Å². The van der Waals surface area contributed by atoms with E-state index in [1.165, 1.54) is 51.4 Å². The summed E-state index contributed by atoms with van der Waals surface area (Å²) in [4.78, 5) is 0. The van der Waals surface area contributed by atoms with E-state index in [4.69, 9.17) is 0 Å². The Kier molecular flexibility index (Phi) is 5.07. The summed E-state index contributed by atoms with van der Waals surface area (Å²) >= 11 is 0. The summed E-state index contributed by atoms with van der Waals surface area (Å²) in [7, 11) is 0. The maximum atomic E-state index is 4.03. The molecule has 0 aromatic rings. The van der Waals surface area contributed by atoms with Gasteiger partial charge in [0.05, 0.1) is 0 Å². The molecule has 3 fully saturated rings. The Balaban J connectivity index is 1.87. The molecule has 0 amide bonds. The van der Waals surface area contributed by atoms with Crippen molar-refractivity contribution in [2.24, 2.45) is 40.4 Å². The second kappa shape index (κ2) is 6.65. The van der Waals surface area contributed by atoms with Crippen LogP contribution in [0.4, 0.5) is 0 Å². The zero-order valence-electron chi connectivity index (χ0n) is 16.9. The molecular formula is C24H40. The number of allylic oxidation sites excluding steroid dienone is 3. The Morgan fingerprint density at radius 1 is 1.04 bits per heavy atom. The van der Waals surface area contributed by atoms with Crippen LogP contribution in [0.25, 0.3) is 0 Å². The lowest BCUT2D eigenvalue weighted by atomic mass is 9.50. The fraction of sp³-hybridized carbons (Fsp3) is 0.833. The van der Waals surface area contributed by atoms with Gasteiger partial charge in [0.15, 0.2) is 0 Å². The first-order valence-electron chi connectivity index (χ1n) is 10.7. The Hall–Kier alpha value is -0.520. The minimum absolute atomic E-state index is 0.423. The average Bonchev–Trinajstić information content (AvgIpc) is 2.86. The van der Waals surface area contributed by atoms with E-state index in [0.29, 0.717) is 10.8 Å².